The third-order valence-electron chi connectivity index (χ3n) is 2.49. The van der Waals surface area contributed by atoms with Crippen LogP contribution in [-0.2, 0) is 0 Å². The summed E-state index contributed by atoms with van der Waals surface area (Å²) in [6.07, 6.45) is 0. The minimum atomic E-state index is 0.123. The number of benzene rings is 2. The van der Waals surface area contributed by atoms with Crippen molar-refractivity contribution >= 4 is 79.6 Å². The molecule has 0 amide bonds. The smallest absolute Gasteiger partial charge is 0.0310 e. The second-order valence-corrected chi connectivity index (χ2v) is 7.63. The molecule has 0 aliphatic carbocycles. The predicted molar refractivity (Wildman–Crippen MR) is 94.7 cm³/mol. The number of hydrogen-bond donors (Lipinski definition) is 0. The maximum atomic E-state index is 3.56. The van der Waals surface area contributed by atoms with Gasteiger partial charge in [-0.1, -0.05) is 47.8 Å². The summed E-state index contributed by atoms with van der Waals surface area (Å²) in [7, 11) is 0. The lowest BCUT2D eigenvalue weighted by molar-refractivity contribution is 0.923. The molecule has 0 atom stereocenters. The van der Waals surface area contributed by atoms with Gasteiger partial charge in [0.1, 0.15) is 0 Å². The van der Waals surface area contributed by atoms with Gasteiger partial charge in [0.15, 0.2) is 0 Å². The lowest BCUT2D eigenvalue weighted by Gasteiger charge is -2.18. The van der Waals surface area contributed by atoms with Crippen molar-refractivity contribution in [3.8, 4) is 0 Å². The number of alkyl halides is 1. The first-order valence-electron chi connectivity index (χ1n) is 5.16. The Morgan fingerprint density at radius 1 is 0.842 bits per heavy atom. The summed E-state index contributed by atoms with van der Waals surface area (Å²) >= 11 is 17.4. The van der Waals surface area contributed by atoms with Crippen molar-refractivity contribution < 1.29 is 0 Å². The van der Waals surface area contributed by atoms with E-state index in [1.165, 1.54) is 0 Å². The number of rotatable bonds is 3. The molecule has 0 aliphatic rings. The van der Waals surface area contributed by atoms with Crippen LogP contribution in [0, 0.1) is 24.3 Å². The molecule has 96 valence electrons. The SMILES string of the molecule is BrCC(c1[c]cc(Br)[c]c1Br)c1[c]cc(Br)[c]c1Br. The van der Waals surface area contributed by atoms with Crippen molar-refractivity contribution in [2.24, 2.45) is 0 Å². The summed E-state index contributed by atoms with van der Waals surface area (Å²) in [5.41, 5.74) is 2.07. The summed E-state index contributed by atoms with van der Waals surface area (Å²) < 4.78 is 3.55. The van der Waals surface area contributed by atoms with Gasteiger partial charge >= 0.3 is 0 Å². The first kappa shape index (κ1) is 16.2. The van der Waals surface area contributed by atoms with E-state index in [9.17, 15) is 0 Å². The molecule has 0 saturated heterocycles. The summed E-state index contributed by atoms with van der Waals surface area (Å²) in [5.74, 6) is 0.123. The fraction of sp³-hybridized carbons (Fsp3) is 0.143. The van der Waals surface area contributed by atoms with Crippen molar-refractivity contribution in [3.05, 3.63) is 65.4 Å². The van der Waals surface area contributed by atoms with E-state index in [1.54, 1.807) is 0 Å². The van der Waals surface area contributed by atoms with Crippen LogP contribution in [0.15, 0.2) is 30.0 Å². The summed E-state index contributed by atoms with van der Waals surface area (Å²) in [4.78, 5) is 0. The van der Waals surface area contributed by atoms with E-state index in [1.807, 2.05) is 12.1 Å². The molecule has 5 heteroatoms. The molecule has 0 unspecified atom stereocenters. The van der Waals surface area contributed by atoms with Crippen LogP contribution in [-0.4, -0.2) is 5.33 Å². The van der Waals surface area contributed by atoms with Gasteiger partial charge in [0.25, 0.3) is 0 Å². The first-order chi connectivity index (χ1) is 9.02. The quantitative estimate of drug-likeness (QED) is 0.370. The highest BCUT2D eigenvalue weighted by Gasteiger charge is 2.19. The van der Waals surface area contributed by atoms with Gasteiger partial charge in [0.2, 0.25) is 0 Å². The lowest BCUT2D eigenvalue weighted by Crippen LogP contribution is -2.05. The Morgan fingerprint density at radius 3 is 1.58 bits per heavy atom. The highest BCUT2D eigenvalue weighted by Crippen LogP contribution is 2.36. The van der Waals surface area contributed by atoms with E-state index in [4.69, 9.17) is 0 Å². The fourth-order valence-electron chi connectivity index (χ4n) is 1.63. The molecule has 0 heterocycles. The number of hydrogen-bond acceptors (Lipinski definition) is 0. The van der Waals surface area contributed by atoms with Crippen LogP contribution in [0.25, 0.3) is 0 Å². The standard InChI is InChI=1S/C14H5Br5/c15-7-12(10-3-1-8(16)5-13(10)18)11-4-2-9(17)6-14(11)19/h1-2,12H,7H2. The van der Waals surface area contributed by atoms with Crippen LogP contribution in [0.5, 0.6) is 0 Å². The minimum Gasteiger partial charge on any atom is -0.0918 e. The third-order valence-corrected chi connectivity index (χ3v) is 5.24. The zero-order chi connectivity index (χ0) is 14.0. The van der Waals surface area contributed by atoms with Gasteiger partial charge in [0, 0.05) is 41.3 Å². The zero-order valence-electron chi connectivity index (χ0n) is 9.33. The molecular formula is C14H5Br5. The van der Waals surface area contributed by atoms with Crippen molar-refractivity contribution in [2.45, 2.75) is 5.92 Å². The van der Waals surface area contributed by atoms with Gasteiger partial charge in [0.05, 0.1) is 0 Å². The Balaban J connectivity index is 2.50. The van der Waals surface area contributed by atoms with Gasteiger partial charge in [-0.3, -0.25) is 0 Å². The monoisotopic (exact) mass is 568 g/mol. The second kappa shape index (κ2) is 7.21. The van der Waals surface area contributed by atoms with E-state index >= 15 is 0 Å². The normalized spacial score (nSPS) is 11.1. The molecule has 0 nitrogen and oxygen atoms in total. The van der Waals surface area contributed by atoms with Gasteiger partial charge in [-0.15, -0.1) is 0 Å². The Kier molecular flexibility index (Phi) is 6.15. The molecular weight excluding hydrogens is 568 g/mol. The molecule has 2 aromatic carbocycles. The molecule has 0 bridgehead atoms. The molecule has 0 fully saturated rings. The Labute approximate surface area is 155 Å². The van der Waals surface area contributed by atoms with Crippen molar-refractivity contribution in [2.75, 3.05) is 5.33 Å². The molecule has 19 heavy (non-hydrogen) atoms. The van der Waals surface area contributed by atoms with Gasteiger partial charge in [-0.05, 0) is 67.3 Å². The molecule has 2 aromatic rings. The molecule has 4 radical (unpaired) electrons. The van der Waals surface area contributed by atoms with E-state index in [-0.39, 0.29) is 5.92 Å². The van der Waals surface area contributed by atoms with E-state index in [0.29, 0.717) is 0 Å². The largest absolute Gasteiger partial charge is 0.0918 e. The molecule has 0 aliphatic heterocycles. The predicted octanol–water partition coefficient (Wildman–Crippen LogP) is 6.46. The van der Waals surface area contributed by atoms with Crippen molar-refractivity contribution in [1.29, 1.82) is 0 Å². The van der Waals surface area contributed by atoms with Gasteiger partial charge in [-0.2, -0.15) is 0 Å². The zero-order valence-corrected chi connectivity index (χ0v) is 17.3. The van der Waals surface area contributed by atoms with Crippen LogP contribution in [0.2, 0.25) is 0 Å². The Bertz CT molecular complexity index is 543. The van der Waals surface area contributed by atoms with Crippen LogP contribution >= 0.6 is 79.6 Å². The van der Waals surface area contributed by atoms with E-state index < -0.39 is 0 Å². The maximum Gasteiger partial charge on any atom is 0.0310 e. The van der Waals surface area contributed by atoms with E-state index in [2.05, 4.69) is 104 Å². The number of halogens is 5. The first-order valence-corrected chi connectivity index (χ1v) is 9.46. The summed E-state index contributed by atoms with van der Waals surface area (Å²) in [6.45, 7) is 0. The topological polar surface area (TPSA) is 0 Å². The molecule has 0 saturated carbocycles. The van der Waals surface area contributed by atoms with E-state index in [0.717, 1.165) is 34.3 Å². The third kappa shape index (κ3) is 3.94. The Hall–Kier alpha value is 0.840. The van der Waals surface area contributed by atoms with Crippen molar-refractivity contribution in [1.82, 2.24) is 0 Å². The highest BCUT2D eigenvalue weighted by molar-refractivity contribution is 9.11. The Morgan fingerprint density at radius 2 is 1.26 bits per heavy atom. The van der Waals surface area contributed by atoms with Crippen molar-refractivity contribution in [3.63, 3.8) is 0 Å². The van der Waals surface area contributed by atoms with Crippen LogP contribution in [0.1, 0.15) is 17.0 Å². The maximum absolute atomic E-state index is 3.56. The fourth-order valence-corrected chi connectivity index (χ4v) is 4.64. The van der Waals surface area contributed by atoms with Gasteiger partial charge in [-0.25, -0.2) is 0 Å². The molecule has 0 aromatic heterocycles. The van der Waals surface area contributed by atoms with Crippen LogP contribution in [0.4, 0.5) is 0 Å². The van der Waals surface area contributed by atoms with Crippen LogP contribution in [0.3, 0.4) is 0 Å². The molecule has 2 rings (SSSR count). The summed E-state index contributed by atoms with van der Waals surface area (Å²) in [6, 6.07) is 16.7. The lowest BCUT2D eigenvalue weighted by atomic mass is 9.93. The molecule has 0 N–H and O–H groups in total. The summed E-state index contributed by atoms with van der Waals surface area (Å²) in [5, 5.41) is 0.766. The van der Waals surface area contributed by atoms with Crippen LogP contribution < -0.4 is 0 Å². The molecule has 0 spiro atoms. The van der Waals surface area contributed by atoms with Gasteiger partial charge < -0.3 is 0 Å². The second-order valence-electron chi connectivity index (χ2n) is 3.69. The minimum absolute atomic E-state index is 0.123. The average Bonchev–Trinajstić information content (AvgIpc) is 2.34. The highest BCUT2D eigenvalue weighted by atomic mass is 79.9. The average molecular weight is 573 g/mol.